The summed E-state index contributed by atoms with van der Waals surface area (Å²) in [5.41, 5.74) is 3.15. The minimum atomic E-state index is -4.07. The van der Waals surface area contributed by atoms with Crippen LogP contribution in [0.15, 0.2) is 83.8 Å². The molecule has 3 aromatic rings. The minimum absolute atomic E-state index is 0.0971. The summed E-state index contributed by atoms with van der Waals surface area (Å²) in [6.07, 6.45) is 2.31. The summed E-state index contributed by atoms with van der Waals surface area (Å²) in [7, 11) is -4.07. The SMILES string of the molecule is CCCCNC(=O)C(C)N(CCc1ccccc1)C(=O)CN(c1cccc(C)c1C)S(=O)(=O)c1ccccc1. The highest BCUT2D eigenvalue weighted by Gasteiger charge is 2.33. The molecule has 1 atom stereocenters. The van der Waals surface area contributed by atoms with Crippen LogP contribution in [0.5, 0.6) is 0 Å². The number of carbonyl (C=O) groups excluding carboxylic acids is 2. The maximum Gasteiger partial charge on any atom is 0.264 e. The van der Waals surface area contributed by atoms with Crippen LogP contribution in [0.2, 0.25) is 0 Å². The van der Waals surface area contributed by atoms with Gasteiger partial charge in [0, 0.05) is 13.1 Å². The summed E-state index contributed by atoms with van der Waals surface area (Å²) in [6, 6.07) is 22.5. The van der Waals surface area contributed by atoms with Gasteiger partial charge in [0.05, 0.1) is 10.6 Å². The van der Waals surface area contributed by atoms with Gasteiger partial charge in [-0.25, -0.2) is 8.42 Å². The Labute approximate surface area is 232 Å². The van der Waals surface area contributed by atoms with E-state index in [1.165, 1.54) is 21.3 Å². The van der Waals surface area contributed by atoms with Crippen LogP contribution >= 0.6 is 0 Å². The van der Waals surface area contributed by atoms with Gasteiger partial charge in [-0.1, -0.05) is 74.0 Å². The summed E-state index contributed by atoms with van der Waals surface area (Å²) >= 11 is 0. The van der Waals surface area contributed by atoms with Crippen molar-refractivity contribution < 1.29 is 18.0 Å². The second-order valence-electron chi connectivity index (χ2n) is 9.69. The summed E-state index contributed by atoms with van der Waals surface area (Å²) in [5, 5.41) is 2.91. The third-order valence-corrected chi connectivity index (χ3v) is 8.71. The van der Waals surface area contributed by atoms with Crippen LogP contribution in [0.25, 0.3) is 0 Å². The van der Waals surface area contributed by atoms with Gasteiger partial charge in [0.2, 0.25) is 11.8 Å². The zero-order chi connectivity index (χ0) is 28.4. The first kappa shape index (κ1) is 29.9. The fourth-order valence-electron chi connectivity index (χ4n) is 4.34. The Morgan fingerprint density at radius 1 is 0.897 bits per heavy atom. The lowest BCUT2D eigenvalue weighted by atomic mass is 10.1. The Hall–Kier alpha value is -3.65. The highest BCUT2D eigenvalue weighted by Crippen LogP contribution is 2.29. The van der Waals surface area contributed by atoms with E-state index in [1.54, 1.807) is 37.3 Å². The quantitative estimate of drug-likeness (QED) is 0.308. The molecule has 1 N–H and O–H groups in total. The Morgan fingerprint density at radius 3 is 2.18 bits per heavy atom. The molecular weight excluding hydrogens is 510 g/mol. The zero-order valence-electron chi connectivity index (χ0n) is 23.3. The van der Waals surface area contributed by atoms with E-state index in [1.807, 2.05) is 57.2 Å². The lowest BCUT2D eigenvalue weighted by Crippen LogP contribution is -2.52. The summed E-state index contributed by atoms with van der Waals surface area (Å²) in [4.78, 5) is 28.5. The van der Waals surface area contributed by atoms with Crippen LogP contribution in [0.4, 0.5) is 5.69 Å². The number of amides is 2. The first-order chi connectivity index (χ1) is 18.7. The molecular formula is C31H39N3O4S. The van der Waals surface area contributed by atoms with E-state index in [-0.39, 0.29) is 17.3 Å². The number of aryl methyl sites for hydroxylation is 1. The first-order valence-electron chi connectivity index (χ1n) is 13.4. The predicted octanol–water partition coefficient (Wildman–Crippen LogP) is 4.87. The number of anilines is 1. The molecule has 2 amide bonds. The Morgan fingerprint density at radius 2 is 1.54 bits per heavy atom. The highest BCUT2D eigenvalue weighted by atomic mass is 32.2. The molecule has 0 saturated heterocycles. The zero-order valence-corrected chi connectivity index (χ0v) is 24.1. The van der Waals surface area contributed by atoms with E-state index in [0.29, 0.717) is 18.7 Å². The normalized spacial score (nSPS) is 12.0. The van der Waals surface area contributed by atoms with E-state index in [9.17, 15) is 18.0 Å². The Kier molecular flexibility index (Phi) is 10.7. The largest absolute Gasteiger partial charge is 0.354 e. The molecule has 3 aromatic carbocycles. The van der Waals surface area contributed by atoms with Crippen molar-refractivity contribution in [3.8, 4) is 0 Å². The molecule has 0 aliphatic rings. The van der Waals surface area contributed by atoms with Crippen LogP contribution in [0.1, 0.15) is 43.4 Å². The molecule has 0 bridgehead atoms. The van der Waals surface area contributed by atoms with Gasteiger partial charge in [-0.3, -0.25) is 13.9 Å². The van der Waals surface area contributed by atoms with Crippen molar-refractivity contribution >= 4 is 27.5 Å². The molecule has 0 heterocycles. The Balaban J connectivity index is 1.97. The minimum Gasteiger partial charge on any atom is -0.354 e. The molecule has 1 unspecified atom stereocenters. The van der Waals surface area contributed by atoms with Gasteiger partial charge in [0.15, 0.2) is 0 Å². The van der Waals surface area contributed by atoms with E-state index < -0.39 is 28.5 Å². The van der Waals surface area contributed by atoms with Crippen LogP contribution < -0.4 is 9.62 Å². The summed E-state index contributed by atoms with van der Waals surface area (Å²) in [5.74, 6) is -0.696. The van der Waals surface area contributed by atoms with Gasteiger partial charge in [0.1, 0.15) is 12.6 Å². The van der Waals surface area contributed by atoms with Crippen molar-refractivity contribution in [1.82, 2.24) is 10.2 Å². The van der Waals surface area contributed by atoms with E-state index >= 15 is 0 Å². The van der Waals surface area contributed by atoms with Crippen molar-refractivity contribution in [3.05, 3.63) is 95.6 Å². The Bertz CT molecular complexity index is 1340. The molecule has 0 radical (unpaired) electrons. The number of nitrogens with zero attached hydrogens (tertiary/aromatic N) is 2. The number of unbranched alkanes of at least 4 members (excludes halogenated alkanes) is 1. The lowest BCUT2D eigenvalue weighted by Gasteiger charge is -2.32. The fraction of sp³-hybridized carbons (Fsp3) is 0.355. The molecule has 7 nitrogen and oxygen atoms in total. The summed E-state index contributed by atoms with van der Waals surface area (Å²) in [6.45, 7) is 7.86. The number of benzene rings is 3. The van der Waals surface area contributed by atoms with Crippen molar-refractivity contribution in [2.24, 2.45) is 0 Å². The van der Waals surface area contributed by atoms with Crippen molar-refractivity contribution in [3.63, 3.8) is 0 Å². The molecule has 0 aliphatic heterocycles. The molecule has 0 saturated carbocycles. The number of carbonyl (C=O) groups is 2. The first-order valence-corrected chi connectivity index (χ1v) is 14.9. The maximum absolute atomic E-state index is 13.9. The van der Waals surface area contributed by atoms with Crippen LogP contribution in [0.3, 0.4) is 0 Å². The van der Waals surface area contributed by atoms with Crippen molar-refractivity contribution in [2.75, 3.05) is 23.9 Å². The average molecular weight is 550 g/mol. The fourth-order valence-corrected chi connectivity index (χ4v) is 5.84. The van der Waals surface area contributed by atoms with E-state index in [4.69, 9.17) is 0 Å². The van der Waals surface area contributed by atoms with Gasteiger partial charge >= 0.3 is 0 Å². The smallest absolute Gasteiger partial charge is 0.264 e. The van der Waals surface area contributed by atoms with E-state index in [0.717, 1.165) is 29.5 Å². The second-order valence-corrected chi connectivity index (χ2v) is 11.5. The van der Waals surface area contributed by atoms with Gasteiger partial charge in [0.25, 0.3) is 10.0 Å². The van der Waals surface area contributed by atoms with Crippen LogP contribution in [-0.2, 0) is 26.0 Å². The number of nitrogens with one attached hydrogen (secondary N) is 1. The number of sulfonamides is 1. The number of rotatable bonds is 13. The molecule has 0 aliphatic carbocycles. The number of hydrogen-bond acceptors (Lipinski definition) is 4. The van der Waals surface area contributed by atoms with Crippen LogP contribution in [-0.4, -0.2) is 50.8 Å². The van der Waals surface area contributed by atoms with Gasteiger partial charge in [-0.05, 0) is 68.5 Å². The van der Waals surface area contributed by atoms with Gasteiger partial charge in [-0.2, -0.15) is 0 Å². The molecule has 208 valence electrons. The molecule has 0 fully saturated rings. The topological polar surface area (TPSA) is 86.8 Å². The third-order valence-electron chi connectivity index (χ3n) is 6.94. The monoisotopic (exact) mass is 549 g/mol. The molecule has 3 rings (SSSR count). The molecule has 8 heteroatoms. The average Bonchev–Trinajstić information content (AvgIpc) is 2.94. The summed E-state index contributed by atoms with van der Waals surface area (Å²) < 4.78 is 28.9. The van der Waals surface area contributed by atoms with Crippen LogP contribution in [0, 0.1) is 13.8 Å². The third kappa shape index (κ3) is 7.69. The van der Waals surface area contributed by atoms with Crippen molar-refractivity contribution in [2.45, 2.75) is 57.9 Å². The van der Waals surface area contributed by atoms with Gasteiger partial charge < -0.3 is 10.2 Å². The number of hydrogen-bond donors (Lipinski definition) is 1. The maximum atomic E-state index is 13.9. The van der Waals surface area contributed by atoms with E-state index in [2.05, 4.69) is 5.32 Å². The second kappa shape index (κ2) is 13.9. The molecule has 39 heavy (non-hydrogen) atoms. The van der Waals surface area contributed by atoms with Gasteiger partial charge in [-0.15, -0.1) is 0 Å². The highest BCUT2D eigenvalue weighted by molar-refractivity contribution is 7.92. The van der Waals surface area contributed by atoms with Crippen molar-refractivity contribution in [1.29, 1.82) is 0 Å². The molecule has 0 aromatic heterocycles. The lowest BCUT2D eigenvalue weighted by molar-refractivity contribution is -0.138. The standard InChI is InChI=1S/C31H39N3O4S/c1-5-6-21-32-31(36)26(4)33(22-20-27-15-9-7-10-16-27)30(35)23-34(29-19-13-14-24(2)25(29)3)39(37,38)28-17-11-8-12-18-28/h7-19,26H,5-6,20-23H2,1-4H3,(H,32,36). The predicted molar refractivity (Wildman–Crippen MR) is 156 cm³/mol. The molecule has 0 spiro atoms.